The van der Waals surface area contributed by atoms with E-state index in [-0.39, 0.29) is 0 Å². The van der Waals surface area contributed by atoms with Crippen LogP contribution in [0.5, 0.6) is 0 Å². The van der Waals surface area contributed by atoms with E-state index in [2.05, 4.69) is 51.1 Å². The second-order valence-electron chi connectivity index (χ2n) is 4.09. The van der Waals surface area contributed by atoms with Crippen LogP contribution in [0, 0.1) is 6.92 Å². The summed E-state index contributed by atoms with van der Waals surface area (Å²) in [5.74, 6) is 0. The summed E-state index contributed by atoms with van der Waals surface area (Å²) in [5, 5.41) is 2.91. The van der Waals surface area contributed by atoms with Gasteiger partial charge in [0.15, 0.2) is 0 Å². The molecule has 0 N–H and O–H groups in total. The van der Waals surface area contributed by atoms with Crippen molar-refractivity contribution in [3.05, 3.63) is 47.0 Å². The number of hydrogen-bond donors (Lipinski definition) is 0. The van der Waals surface area contributed by atoms with Gasteiger partial charge in [0.2, 0.25) is 0 Å². The zero-order chi connectivity index (χ0) is 10.8. The number of fused-ring (bicyclic) bond motifs is 1. The number of hydrogen-bond acceptors (Lipinski definition) is 0. The van der Waals surface area contributed by atoms with Crippen LogP contribution in [-0.4, -0.2) is 0 Å². The van der Waals surface area contributed by atoms with Gasteiger partial charge in [0.05, 0.1) is 0 Å². The van der Waals surface area contributed by atoms with Crippen LogP contribution in [0.1, 0.15) is 30.5 Å². The zero-order valence-electron chi connectivity index (χ0n) is 9.80. The highest BCUT2D eigenvalue weighted by Crippen LogP contribution is 2.26. The minimum absolute atomic E-state index is 1.12. The van der Waals surface area contributed by atoms with Crippen molar-refractivity contribution in [1.82, 2.24) is 0 Å². The monoisotopic (exact) mass is 198 g/mol. The van der Waals surface area contributed by atoms with Crippen LogP contribution < -0.4 is 0 Å². The predicted octanol–water partition coefficient (Wildman–Crippen LogP) is 4.27. The molecule has 0 unspecified atom stereocenters. The molecular weight excluding hydrogens is 180 g/mol. The smallest absolute Gasteiger partial charge is 0.0120 e. The van der Waals surface area contributed by atoms with Crippen molar-refractivity contribution >= 4 is 10.8 Å². The van der Waals surface area contributed by atoms with Gasteiger partial charge in [-0.15, -0.1) is 0 Å². The third-order valence-electron chi connectivity index (χ3n) is 3.19. The Morgan fingerprint density at radius 1 is 0.867 bits per heavy atom. The molecule has 15 heavy (non-hydrogen) atoms. The molecule has 0 aromatic heterocycles. The van der Waals surface area contributed by atoms with E-state index in [1.807, 2.05) is 0 Å². The summed E-state index contributed by atoms with van der Waals surface area (Å²) in [7, 11) is 0. The molecule has 0 atom stereocenters. The number of benzene rings is 2. The summed E-state index contributed by atoms with van der Waals surface area (Å²) >= 11 is 0. The maximum Gasteiger partial charge on any atom is -0.0120 e. The van der Waals surface area contributed by atoms with Crippen LogP contribution in [0.15, 0.2) is 30.3 Å². The van der Waals surface area contributed by atoms with Gasteiger partial charge in [0.1, 0.15) is 0 Å². The standard InChI is InChI=1S/C15H18/c1-4-12-10-9-11(3)15-13(5-2)7-6-8-14(12)15/h6-10H,4-5H2,1-3H3. The largest absolute Gasteiger partial charge is 0.0613 e. The van der Waals surface area contributed by atoms with E-state index >= 15 is 0 Å². The van der Waals surface area contributed by atoms with Crippen LogP contribution in [0.3, 0.4) is 0 Å². The first-order chi connectivity index (χ1) is 7.27. The molecule has 2 aromatic carbocycles. The molecule has 0 heterocycles. The Hall–Kier alpha value is -1.30. The molecule has 0 aliphatic heterocycles. The zero-order valence-corrected chi connectivity index (χ0v) is 9.80. The van der Waals surface area contributed by atoms with Crippen LogP contribution in [-0.2, 0) is 12.8 Å². The second-order valence-corrected chi connectivity index (χ2v) is 4.09. The van der Waals surface area contributed by atoms with E-state index in [0.29, 0.717) is 0 Å². The molecule has 0 spiro atoms. The molecule has 0 bridgehead atoms. The average molecular weight is 198 g/mol. The van der Waals surface area contributed by atoms with Crippen molar-refractivity contribution in [3.8, 4) is 0 Å². The van der Waals surface area contributed by atoms with E-state index in [9.17, 15) is 0 Å². The third kappa shape index (κ3) is 1.65. The Labute approximate surface area is 91.9 Å². The van der Waals surface area contributed by atoms with Crippen LogP contribution in [0.25, 0.3) is 10.8 Å². The molecule has 2 aromatic rings. The fourth-order valence-electron chi connectivity index (χ4n) is 2.34. The Morgan fingerprint density at radius 2 is 1.60 bits per heavy atom. The van der Waals surface area contributed by atoms with E-state index in [1.165, 1.54) is 27.5 Å². The summed E-state index contributed by atoms with van der Waals surface area (Å²) in [4.78, 5) is 0. The number of rotatable bonds is 2. The maximum absolute atomic E-state index is 2.26. The minimum atomic E-state index is 1.12. The average Bonchev–Trinajstić information content (AvgIpc) is 2.29. The van der Waals surface area contributed by atoms with E-state index in [0.717, 1.165) is 12.8 Å². The lowest BCUT2D eigenvalue weighted by atomic mass is 9.94. The van der Waals surface area contributed by atoms with Crippen molar-refractivity contribution in [1.29, 1.82) is 0 Å². The second kappa shape index (κ2) is 4.06. The summed E-state index contributed by atoms with van der Waals surface area (Å²) in [5.41, 5.74) is 4.34. The first-order valence-corrected chi connectivity index (χ1v) is 5.78. The summed E-state index contributed by atoms with van der Waals surface area (Å²) in [6, 6.07) is 11.2. The molecule has 0 radical (unpaired) electrons. The lowest BCUT2D eigenvalue weighted by molar-refractivity contribution is 1.14. The van der Waals surface area contributed by atoms with Gasteiger partial charge in [-0.3, -0.25) is 0 Å². The van der Waals surface area contributed by atoms with Gasteiger partial charge in [-0.05, 0) is 47.2 Å². The van der Waals surface area contributed by atoms with Gasteiger partial charge in [-0.1, -0.05) is 44.2 Å². The molecule has 0 saturated heterocycles. The highest BCUT2D eigenvalue weighted by atomic mass is 14.1. The highest BCUT2D eigenvalue weighted by Gasteiger charge is 2.05. The fraction of sp³-hybridized carbons (Fsp3) is 0.333. The van der Waals surface area contributed by atoms with Gasteiger partial charge >= 0.3 is 0 Å². The van der Waals surface area contributed by atoms with Gasteiger partial charge < -0.3 is 0 Å². The molecule has 0 amide bonds. The van der Waals surface area contributed by atoms with E-state index in [4.69, 9.17) is 0 Å². The Kier molecular flexibility index (Phi) is 2.77. The molecular formula is C15H18. The van der Waals surface area contributed by atoms with Gasteiger partial charge in [-0.25, -0.2) is 0 Å². The van der Waals surface area contributed by atoms with Crippen LogP contribution in [0.4, 0.5) is 0 Å². The maximum atomic E-state index is 2.26. The lowest BCUT2D eigenvalue weighted by Gasteiger charge is -2.11. The first-order valence-electron chi connectivity index (χ1n) is 5.78. The molecule has 78 valence electrons. The SMILES string of the molecule is CCc1ccc(C)c2c(CC)cccc12. The van der Waals surface area contributed by atoms with Gasteiger partial charge in [0.25, 0.3) is 0 Å². The molecule has 0 heteroatoms. The van der Waals surface area contributed by atoms with E-state index < -0.39 is 0 Å². The van der Waals surface area contributed by atoms with Crippen LogP contribution >= 0.6 is 0 Å². The topological polar surface area (TPSA) is 0 Å². The molecule has 0 aliphatic rings. The third-order valence-corrected chi connectivity index (χ3v) is 3.19. The molecule has 0 fully saturated rings. The normalized spacial score (nSPS) is 10.9. The van der Waals surface area contributed by atoms with Crippen molar-refractivity contribution < 1.29 is 0 Å². The summed E-state index contributed by atoms with van der Waals surface area (Å²) in [6.45, 7) is 6.66. The lowest BCUT2D eigenvalue weighted by Crippen LogP contribution is -1.91. The fourth-order valence-corrected chi connectivity index (χ4v) is 2.34. The first kappa shape index (κ1) is 10.2. The minimum Gasteiger partial charge on any atom is -0.0613 e. The predicted molar refractivity (Wildman–Crippen MR) is 67.4 cm³/mol. The summed E-state index contributed by atoms with van der Waals surface area (Å²) < 4.78 is 0. The van der Waals surface area contributed by atoms with Crippen molar-refractivity contribution in [2.45, 2.75) is 33.6 Å². The summed E-state index contributed by atoms with van der Waals surface area (Å²) in [6.07, 6.45) is 2.23. The van der Waals surface area contributed by atoms with Gasteiger partial charge in [0, 0.05) is 0 Å². The molecule has 0 nitrogen and oxygen atoms in total. The molecule has 0 saturated carbocycles. The van der Waals surface area contributed by atoms with E-state index in [1.54, 1.807) is 0 Å². The van der Waals surface area contributed by atoms with Crippen molar-refractivity contribution in [3.63, 3.8) is 0 Å². The molecule has 2 rings (SSSR count). The Bertz CT molecular complexity index is 481. The van der Waals surface area contributed by atoms with Gasteiger partial charge in [-0.2, -0.15) is 0 Å². The van der Waals surface area contributed by atoms with Crippen molar-refractivity contribution in [2.24, 2.45) is 0 Å². The Morgan fingerprint density at radius 3 is 2.27 bits per heavy atom. The van der Waals surface area contributed by atoms with Crippen molar-refractivity contribution in [2.75, 3.05) is 0 Å². The highest BCUT2D eigenvalue weighted by molar-refractivity contribution is 5.91. The quantitative estimate of drug-likeness (QED) is 0.676. The molecule has 0 aliphatic carbocycles. The number of aryl methyl sites for hydroxylation is 3. The Balaban J connectivity index is 2.86. The van der Waals surface area contributed by atoms with Crippen LogP contribution in [0.2, 0.25) is 0 Å².